The Kier molecular flexibility index (Phi) is 2.54. The third-order valence-electron chi connectivity index (χ3n) is 5.11. The van der Waals surface area contributed by atoms with Crippen molar-refractivity contribution in [3.05, 3.63) is 29.8 Å². The largest absolute Gasteiger partial charge is 0.373 e. The first-order chi connectivity index (χ1) is 9.31. The number of hydrogen-bond donors (Lipinski definition) is 1. The minimum absolute atomic E-state index is 0.0313. The zero-order valence-electron chi connectivity index (χ0n) is 11.1. The maximum absolute atomic E-state index is 12.6. The van der Waals surface area contributed by atoms with E-state index >= 15 is 0 Å². The molecule has 3 nitrogen and oxygen atoms in total. The van der Waals surface area contributed by atoms with E-state index in [1.807, 2.05) is 12.1 Å². The number of para-hydroxylation sites is 1. The average Bonchev–Trinajstić information content (AvgIpc) is 3.10. The van der Waals surface area contributed by atoms with E-state index in [1.165, 1.54) is 24.8 Å². The number of hydrogen-bond acceptors (Lipinski definition) is 2. The van der Waals surface area contributed by atoms with Crippen molar-refractivity contribution in [3.8, 4) is 0 Å². The van der Waals surface area contributed by atoms with Gasteiger partial charge in [0.25, 0.3) is 0 Å². The molecule has 3 unspecified atom stereocenters. The molecular formula is C16H20N2O. The molecule has 2 aliphatic heterocycles. The first-order valence-electron chi connectivity index (χ1n) is 7.44. The van der Waals surface area contributed by atoms with Crippen molar-refractivity contribution < 1.29 is 4.79 Å². The van der Waals surface area contributed by atoms with Gasteiger partial charge in [0.2, 0.25) is 5.91 Å². The van der Waals surface area contributed by atoms with Gasteiger partial charge in [-0.1, -0.05) is 24.6 Å². The Morgan fingerprint density at radius 2 is 1.89 bits per heavy atom. The Morgan fingerprint density at radius 1 is 1.16 bits per heavy atom. The summed E-state index contributed by atoms with van der Waals surface area (Å²) >= 11 is 0. The van der Waals surface area contributed by atoms with Crippen LogP contribution >= 0.6 is 0 Å². The zero-order valence-corrected chi connectivity index (χ0v) is 11.1. The molecule has 4 rings (SSSR count). The molecule has 100 valence electrons. The van der Waals surface area contributed by atoms with Gasteiger partial charge in [-0.25, -0.2) is 0 Å². The number of carbonyl (C=O) groups is 1. The lowest BCUT2D eigenvalue weighted by Gasteiger charge is -2.21. The summed E-state index contributed by atoms with van der Waals surface area (Å²) in [6.07, 6.45) is 4.87. The fraction of sp³-hybridized carbons (Fsp3) is 0.562. The number of carbonyl (C=O) groups excluding carboxylic acids is 1. The van der Waals surface area contributed by atoms with E-state index in [1.54, 1.807) is 0 Å². The Morgan fingerprint density at radius 3 is 2.63 bits per heavy atom. The van der Waals surface area contributed by atoms with E-state index in [0.29, 0.717) is 5.91 Å². The van der Waals surface area contributed by atoms with Gasteiger partial charge in [0.1, 0.15) is 6.04 Å². The monoisotopic (exact) mass is 256 g/mol. The zero-order chi connectivity index (χ0) is 12.8. The van der Waals surface area contributed by atoms with Gasteiger partial charge < -0.3 is 10.2 Å². The normalized spacial score (nSPS) is 32.0. The molecule has 0 radical (unpaired) electrons. The van der Waals surface area contributed by atoms with Crippen LogP contribution in [0, 0.1) is 11.8 Å². The van der Waals surface area contributed by atoms with Crippen LogP contribution in [-0.4, -0.2) is 29.9 Å². The highest BCUT2D eigenvalue weighted by Gasteiger charge is 2.40. The first kappa shape index (κ1) is 11.3. The van der Waals surface area contributed by atoms with Gasteiger partial charge in [-0.05, 0) is 36.3 Å². The van der Waals surface area contributed by atoms with E-state index in [-0.39, 0.29) is 6.04 Å². The molecule has 1 saturated heterocycles. The Bertz CT molecular complexity index is 476. The van der Waals surface area contributed by atoms with Crippen molar-refractivity contribution in [3.63, 3.8) is 0 Å². The summed E-state index contributed by atoms with van der Waals surface area (Å²) in [6.45, 7) is 2.00. The van der Waals surface area contributed by atoms with Crippen molar-refractivity contribution in [2.24, 2.45) is 11.8 Å². The molecule has 3 heteroatoms. The maximum atomic E-state index is 12.6. The van der Waals surface area contributed by atoms with Crippen molar-refractivity contribution in [2.75, 3.05) is 18.4 Å². The summed E-state index contributed by atoms with van der Waals surface area (Å²) in [6, 6.07) is 8.23. The van der Waals surface area contributed by atoms with Crippen LogP contribution in [0.25, 0.3) is 0 Å². The van der Waals surface area contributed by atoms with E-state index in [4.69, 9.17) is 0 Å². The molecule has 0 spiro atoms. The highest BCUT2D eigenvalue weighted by molar-refractivity contribution is 5.87. The number of fused-ring (bicyclic) bond motifs is 2. The molecule has 0 bridgehead atoms. The summed E-state index contributed by atoms with van der Waals surface area (Å²) in [7, 11) is 0. The molecule has 1 N–H and O–H groups in total. The number of nitrogens with one attached hydrogen (secondary N) is 1. The molecule has 3 atom stereocenters. The van der Waals surface area contributed by atoms with Crippen LogP contribution < -0.4 is 5.32 Å². The third-order valence-corrected chi connectivity index (χ3v) is 5.11. The second-order valence-electron chi connectivity index (χ2n) is 6.25. The molecule has 1 amide bonds. The molecule has 2 fully saturated rings. The van der Waals surface area contributed by atoms with Crippen LogP contribution in [0.5, 0.6) is 0 Å². The fourth-order valence-electron chi connectivity index (χ4n) is 4.08. The number of amides is 1. The molecule has 19 heavy (non-hydrogen) atoms. The highest BCUT2D eigenvalue weighted by atomic mass is 16.2. The molecule has 2 heterocycles. The van der Waals surface area contributed by atoms with Gasteiger partial charge in [0.05, 0.1) is 0 Å². The van der Waals surface area contributed by atoms with Crippen molar-refractivity contribution >= 4 is 11.6 Å². The van der Waals surface area contributed by atoms with Crippen LogP contribution in [0.4, 0.5) is 5.69 Å². The SMILES string of the molecule is O=C(C1Cc2ccccc2N1)N1CC2CCCC2C1. The lowest BCUT2D eigenvalue weighted by Crippen LogP contribution is -2.41. The van der Waals surface area contributed by atoms with Gasteiger partial charge in [-0.3, -0.25) is 4.79 Å². The Labute approximate surface area is 114 Å². The van der Waals surface area contributed by atoms with E-state index in [0.717, 1.165) is 37.0 Å². The predicted molar refractivity (Wildman–Crippen MR) is 75.0 cm³/mol. The van der Waals surface area contributed by atoms with E-state index in [2.05, 4.69) is 22.3 Å². The number of rotatable bonds is 1. The maximum Gasteiger partial charge on any atom is 0.245 e. The minimum Gasteiger partial charge on any atom is -0.373 e. The lowest BCUT2D eigenvalue weighted by molar-refractivity contribution is -0.131. The van der Waals surface area contributed by atoms with Crippen LogP contribution in [0.2, 0.25) is 0 Å². The van der Waals surface area contributed by atoms with Crippen LogP contribution in [0.1, 0.15) is 24.8 Å². The second kappa shape index (κ2) is 4.26. The number of likely N-dealkylation sites (tertiary alicyclic amines) is 1. The summed E-state index contributed by atoms with van der Waals surface area (Å²) in [5.41, 5.74) is 2.42. The third kappa shape index (κ3) is 1.83. The minimum atomic E-state index is -0.0313. The van der Waals surface area contributed by atoms with E-state index in [9.17, 15) is 4.79 Å². The highest BCUT2D eigenvalue weighted by Crippen LogP contribution is 2.38. The standard InChI is InChI=1S/C16H20N2O/c19-16(18-9-12-5-3-6-13(12)10-18)15-8-11-4-1-2-7-14(11)17-15/h1-2,4,7,12-13,15,17H,3,5-6,8-10H2. The Hall–Kier alpha value is -1.51. The van der Waals surface area contributed by atoms with Crippen molar-refractivity contribution in [1.82, 2.24) is 4.90 Å². The number of nitrogens with zero attached hydrogens (tertiary/aromatic N) is 1. The van der Waals surface area contributed by atoms with Gasteiger partial charge in [0, 0.05) is 25.2 Å². The van der Waals surface area contributed by atoms with Gasteiger partial charge in [0.15, 0.2) is 0 Å². The number of benzene rings is 1. The molecule has 0 aromatic heterocycles. The van der Waals surface area contributed by atoms with Crippen LogP contribution in [0.15, 0.2) is 24.3 Å². The summed E-state index contributed by atoms with van der Waals surface area (Å²) in [4.78, 5) is 14.7. The molecular weight excluding hydrogens is 236 g/mol. The van der Waals surface area contributed by atoms with Gasteiger partial charge >= 0.3 is 0 Å². The second-order valence-corrected chi connectivity index (χ2v) is 6.25. The van der Waals surface area contributed by atoms with Crippen LogP contribution in [-0.2, 0) is 11.2 Å². The molecule has 1 saturated carbocycles. The Balaban J connectivity index is 1.46. The topological polar surface area (TPSA) is 32.3 Å². The first-order valence-corrected chi connectivity index (χ1v) is 7.44. The van der Waals surface area contributed by atoms with E-state index < -0.39 is 0 Å². The quantitative estimate of drug-likeness (QED) is 0.836. The average molecular weight is 256 g/mol. The number of anilines is 1. The van der Waals surface area contributed by atoms with Crippen LogP contribution in [0.3, 0.4) is 0 Å². The molecule has 3 aliphatic rings. The summed E-state index contributed by atoms with van der Waals surface area (Å²) in [5.74, 6) is 1.88. The molecule has 1 aromatic rings. The molecule has 1 aliphatic carbocycles. The predicted octanol–water partition coefficient (Wildman–Crippen LogP) is 2.28. The van der Waals surface area contributed by atoms with Crippen molar-refractivity contribution in [2.45, 2.75) is 31.7 Å². The summed E-state index contributed by atoms with van der Waals surface area (Å²) in [5, 5.41) is 3.39. The van der Waals surface area contributed by atoms with Crippen molar-refractivity contribution in [1.29, 1.82) is 0 Å². The lowest BCUT2D eigenvalue weighted by atomic mass is 10.0. The fourth-order valence-corrected chi connectivity index (χ4v) is 4.08. The molecule has 1 aromatic carbocycles. The van der Waals surface area contributed by atoms with Gasteiger partial charge in [-0.15, -0.1) is 0 Å². The smallest absolute Gasteiger partial charge is 0.245 e. The summed E-state index contributed by atoms with van der Waals surface area (Å²) < 4.78 is 0. The van der Waals surface area contributed by atoms with Gasteiger partial charge in [-0.2, -0.15) is 0 Å².